The van der Waals surface area contributed by atoms with E-state index in [9.17, 15) is 14.4 Å². The minimum Gasteiger partial charge on any atom is -0.495 e. The van der Waals surface area contributed by atoms with Crippen LogP contribution in [0.1, 0.15) is 63.3 Å². The van der Waals surface area contributed by atoms with Gasteiger partial charge in [-0.25, -0.2) is 9.59 Å². The second kappa shape index (κ2) is 14.3. The number of alkyl carbamates (subject to hydrolysis) is 1. The van der Waals surface area contributed by atoms with E-state index >= 15 is 0 Å². The number of methoxy groups -OCH3 is 1. The van der Waals surface area contributed by atoms with Gasteiger partial charge in [-0.1, -0.05) is 48.2 Å². The number of amides is 3. The fraction of sp³-hybridized carbons (Fsp3) is 0.485. The van der Waals surface area contributed by atoms with E-state index in [0.717, 1.165) is 24.0 Å². The molecule has 10 heteroatoms. The van der Waals surface area contributed by atoms with Crippen LogP contribution in [0.4, 0.5) is 9.59 Å². The Hall–Kier alpha value is -4.23. The molecule has 4 rings (SSSR count). The molecule has 2 fully saturated rings. The zero-order valence-electron chi connectivity index (χ0n) is 25.6. The zero-order valence-corrected chi connectivity index (χ0v) is 25.6. The third kappa shape index (κ3) is 9.13. The van der Waals surface area contributed by atoms with Gasteiger partial charge in [0.25, 0.3) is 5.91 Å². The van der Waals surface area contributed by atoms with Crippen LogP contribution in [0.2, 0.25) is 0 Å². The summed E-state index contributed by atoms with van der Waals surface area (Å²) in [7, 11) is 1.57. The number of nitrogens with one attached hydrogen (secondary N) is 1. The first-order valence-corrected chi connectivity index (χ1v) is 14.6. The van der Waals surface area contributed by atoms with Crippen molar-refractivity contribution in [3.8, 4) is 17.6 Å². The molecular formula is C33H41N3O7. The van der Waals surface area contributed by atoms with E-state index in [4.69, 9.17) is 18.9 Å². The average Bonchev–Trinajstić information content (AvgIpc) is 3.83. The molecule has 1 saturated carbocycles. The Morgan fingerprint density at radius 1 is 1.14 bits per heavy atom. The van der Waals surface area contributed by atoms with Crippen molar-refractivity contribution in [3.63, 3.8) is 0 Å². The number of hydrogen-bond acceptors (Lipinski definition) is 7. The normalized spacial score (nSPS) is 17.1. The van der Waals surface area contributed by atoms with Crippen LogP contribution in [-0.2, 0) is 25.6 Å². The molecule has 10 nitrogen and oxygen atoms in total. The van der Waals surface area contributed by atoms with E-state index in [1.807, 2.05) is 81.1 Å². The van der Waals surface area contributed by atoms with Crippen molar-refractivity contribution in [2.45, 2.75) is 70.9 Å². The van der Waals surface area contributed by atoms with Crippen molar-refractivity contribution in [2.24, 2.45) is 0 Å². The molecule has 230 valence electrons. The van der Waals surface area contributed by atoms with Crippen molar-refractivity contribution < 1.29 is 33.3 Å². The second-order valence-electron chi connectivity index (χ2n) is 11.6. The van der Waals surface area contributed by atoms with E-state index in [1.165, 1.54) is 0 Å². The quantitative estimate of drug-likeness (QED) is 0.445. The zero-order chi connectivity index (χ0) is 31.0. The van der Waals surface area contributed by atoms with Gasteiger partial charge in [-0.3, -0.25) is 4.79 Å². The summed E-state index contributed by atoms with van der Waals surface area (Å²) in [5, 5.41) is 2.64. The van der Waals surface area contributed by atoms with Crippen LogP contribution in [0, 0.1) is 11.8 Å². The largest absolute Gasteiger partial charge is 0.495 e. The molecule has 0 radical (unpaired) electrons. The maximum absolute atomic E-state index is 13.8. The predicted molar refractivity (Wildman–Crippen MR) is 160 cm³/mol. The number of nitrogens with zero attached hydrogens (tertiary/aromatic N) is 2. The van der Waals surface area contributed by atoms with Gasteiger partial charge in [0, 0.05) is 12.6 Å². The number of rotatable bonds is 8. The molecule has 1 aliphatic heterocycles. The lowest BCUT2D eigenvalue weighted by Crippen LogP contribution is -2.54. The summed E-state index contributed by atoms with van der Waals surface area (Å²) < 4.78 is 22.1. The van der Waals surface area contributed by atoms with Gasteiger partial charge < -0.3 is 34.1 Å². The van der Waals surface area contributed by atoms with Gasteiger partial charge >= 0.3 is 12.2 Å². The van der Waals surface area contributed by atoms with Gasteiger partial charge in [0.1, 0.15) is 18.0 Å². The highest BCUT2D eigenvalue weighted by molar-refractivity contribution is 5.83. The third-order valence-electron chi connectivity index (χ3n) is 7.07. The lowest BCUT2D eigenvalue weighted by molar-refractivity contribution is -0.151. The number of carbonyl (C=O) groups excluding carboxylic acids is 3. The molecule has 1 aliphatic carbocycles. The highest BCUT2D eigenvalue weighted by Crippen LogP contribution is 2.36. The van der Waals surface area contributed by atoms with Crippen molar-refractivity contribution in [2.75, 3.05) is 33.4 Å². The van der Waals surface area contributed by atoms with Crippen LogP contribution in [-0.4, -0.2) is 79.0 Å². The molecule has 2 aliphatic rings. The average molecular weight is 592 g/mol. The van der Waals surface area contributed by atoms with Crippen molar-refractivity contribution in [3.05, 3.63) is 65.2 Å². The van der Waals surface area contributed by atoms with Gasteiger partial charge in [0.15, 0.2) is 6.10 Å². The maximum Gasteiger partial charge on any atom is 0.410 e. The molecule has 0 aromatic heterocycles. The fourth-order valence-corrected chi connectivity index (χ4v) is 4.77. The summed E-state index contributed by atoms with van der Waals surface area (Å²) in [4.78, 5) is 41.9. The molecule has 43 heavy (non-hydrogen) atoms. The highest BCUT2D eigenvalue weighted by atomic mass is 16.6. The molecule has 2 aromatic carbocycles. The summed E-state index contributed by atoms with van der Waals surface area (Å²) in [6.45, 7) is 8.47. The molecule has 1 heterocycles. The minimum atomic E-state index is -0.769. The van der Waals surface area contributed by atoms with Crippen LogP contribution < -0.4 is 10.1 Å². The Balaban J connectivity index is 1.40. The summed E-state index contributed by atoms with van der Waals surface area (Å²) in [6.07, 6.45) is 0.0497. The monoisotopic (exact) mass is 591 g/mol. The summed E-state index contributed by atoms with van der Waals surface area (Å²) in [5.74, 6) is 6.46. The van der Waals surface area contributed by atoms with Crippen LogP contribution in [0.15, 0.2) is 48.5 Å². The summed E-state index contributed by atoms with van der Waals surface area (Å²) in [5.41, 5.74) is 1.80. The van der Waals surface area contributed by atoms with Gasteiger partial charge in [-0.2, -0.15) is 0 Å². The molecule has 2 aromatic rings. The maximum atomic E-state index is 13.8. The predicted octanol–water partition coefficient (Wildman–Crippen LogP) is 4.66. The van der Waals surface area contributed by atoms with Gasteiger partial charge in [0.2, 0.25) is 0 Å². The first-order valence-electron chi connectivity index (χ1n) is 14.6. The smallest absolute Gasteiger partial charge is 0.410 e. The van der Waals surface area contributed by atoms with Crippen LogP contribution in [0.25, 0.3) is 0 Å². The van der Waals surface area contributed by atoms with Gasteiger partial charge in [0.05, 0.1) is 38.4 Å². The lowest BCUT2D eigenvalue weighted by atomic mass is 10.0. The summed E-state index contributed by atoms with van der Waals surface area (Å²) in [6, 6.07) is 14.9. The van der Waals surface area contributed by atoms with Gasteiger partial charge in [-0.05, 0) is 63.8 Å². The number of benzene rings is 2. The summed E-state index contributed by atoms with van der Waals surface area (Å²) >= 11 is 0. The Morgan fingerprint density at radius 2 is 1.88 bits per heavy atom. The van der Waals surface area contributed by atoms with E-state index in [0.29, 0.717) is 17.9 Å². The van der Waals surface area contributed by atoms with E-state index in [1.54, 1.807) is 12.0 Å². The Labute approximate surface area is 253 Å². The van der Waals surface area contributed by atoms with Crippen LogP contribution >= 0.6 is 0 Å². The SMILES string of the molecule is COc1ccc(C(C)N(C(=O)[C@H]2CN(C(=O)OC(C)(C)C)CCO2)C2CC2)cc1C#CCNC(=O)OCc1ccccc1. The number of hydrogen-bond donors (Lipinski definition) is 1. The van der Waals surface area contributed by atoms with E-state index in [-0.39, 0.29) is 44.3 Å². The molecule has 0 bridgehead atoms. The van der Waals surface area contributed by atoms with Crippen molar-refractivity contribution in [1.82, 2.24) is 15.1 Å². The first-order chi connectivity index (χ1) is 20.6. The molecular weight excluding hydrogens is 550 g/mol. The number of carbonyl (C=O) groups is 3. The topological polar surface area (TPSA) is 107 Å². The van der Waals surface area contributed by atoms with Crippen LogP contribution in [0.5, 0.6) is 5.75 Å². The molecule has 3 amide bonds. The van der Waals surface area contributed by atoms with Crippen molar-refractivity contribution in [1.29, 1.82) is 0 Å². The molecule has 1 saturated heterocycles. The molecule has 1 N–H and O–H groups in total. The minimum absolute atomic E-state index is 0.0937. The van der Waals surface area contributed by atoms with Gasteiger partial charge in [-0.15, -0.1) is 0 Å². The standard InChI is InChI=1S/C33H41N3O7/c1-23(36(27-14-15-27)30(37)29-21-35(18-19-41-29)32(39)43-33(2,3)4)25-13-16-28(40-5)26(20-25)12-9-17-34-31(38)42-22-24-10-7-6-8-11-24/h6-8,10-11,13,16,20,23,27,29H,14-15,17-19,21-22H2,1-5H3,(H,34,38)/t23?,29-/m1/s1. The number of ether oxygens (including phenoxy) is 4. The van der Waals surface area contributed by atoms with Crippen molar-refractivity contribution >= 4 is 18.1 Å². The van der Waals surface area contributed by atoms with Crippen LogP contribution in [0.3, 0.4) is 0 Å². The third-order valence-corrected chi connectivity index (χ3v) is 7.07. The van der Waals surface area contributed by atoms with E-state index in [2.05, 4.69) is 17.2 Å². The fourth-order valence-electron chi connectivity index (χ4n) is 4.77. The lowest BCUT2D eigenvalue weighted by Gasteiger charge is -2.38. The molecule has 0 spiro atoms. The highest BCUT2D eigenvalue weighted by Gasteiger charge is 2.42. The van der Waals surface area contributed by atoms with E-state index < -0.39 is 23.9 Å². The number of morpholine rings is 1. The Morgan fingerprint density at radius 3 is 2.56 bits per heavy atom. The Kier molecular flexibility index (Phi) is 10.5. The Bertz CT molecular complexity index is 1340. The second-order valence-corrected chi connectivity index (χ2v) is 11.6. The first kappa shape index (κ1) is 31.7. The molecule has 2 atom stereocenters. The molecule has 1 unspecified atom stereocenters.